The molecule has 0 aromatic heterocycles. The molecule has 1 saturated heterocycles. The summed E-state index contributed by atoms with van der Waals surface area (Å²) >= 11 is 12.5. The number of amides is 2. The van der Waals surface area contributed by atoms with Crippen LogP contribution in [0.1, 0.15) is 45.6 Å². The molecule has 1 aliphatic carbocycles. The molecule has 0 spiro atoms. The van der Waals surface area contributed by atoms with Crippen LogP contribution in [0.15, 0.2) is 18.2 Å². The molecular formula is C21H30Cl2N3O3+. The number of quaternary nitrogens is 1. The number of hydrogen-bond donors (Lipinski definition) is 2. The fourth-order valence-corrected chi connectivity index (χ4v) is 4.07. The van der Waals surface area contributed by atoms with Crippen molar-refractivity contribution in [3.8, 4) is 0 Å². The van der Waals surface area contributed by atoms with E-state index in [2.05, 4.69) is 10.6 Å². The molecule has 3 rings (SSSR count). The van der Waals surface area contributed by atoms with Crippen LogP contribution in [0.5, 0.6) is 0 Å². The molecule has 0 bridgehead atoms. The second kappa shape index (κ2) is 9.11. The molecule has 8 heteroatoms. The number of piperidine rings is 1. The first kappa shape index (κ1) is 22.2. The van der Waals surface area contributed by atoms with Crippen LogP contribution >= 0.6 is 23.2 Å². The Morgan fingerprint density at radius 3 is 2.62 bits per heavy atom. The lowest BCUT2D eigenvalue weighted by atomic mass is 9.94. The Balaban J connectivity index is 1.64. The zero-order valence-electron chi connectivity index (χ0n) is 17.2. The molecule has 3 N–H and O–H groups in total. The van der Waals surface area contributed by atoms with Crippen LogP contribution in [-0.2, 0) is 16.1 Å². The summed E-state index contributed by atoms with van der Waals surface area (Å²) in [6, 6.07) is 5.69. The Morgan fingerprint density at radius 1 is 1.24 bits per heavy atom. The van der Waals surface area contributed by atoms with Crippen molar-refractivity contribution in [3.05, 3.63) is 33.8 Å². The van der Waals surface area contributed by atoms with Gasteiger partial charge in [0, 0.05) is 12.6 Å². The minimum absolute atomic E-state index is 0.0941. The molecule has 160 valence electrons. The topological polar surface area (TPSA) is 75.2 Å². The smallest absolute Gasteiger partial charge is 0.408 e. The molecule has 2 amide bonds. The molecular weight excluding hydrogens is 413 g/mol. The number of nitrogens with two attached hydrogens (primary N) is 1. The molecule has 2 fully saturated rings. The lowest BCUT2D eigenvalue weighted by Crippen LogP contribution is -2.91. The first-order valence-corrected chi connectivity index (χ1v) is 10.9. The van der Waals surface area contributed by atoms with Gasteiger partial charge in [-0.1, -0.05) is 35.3 Å². The third-order valence-electron chi connectivity index (χ3n) is 5.18. The predicted octanol–water partition coefficient (Wildman–Crippen LogP) is 2.96. The van der Waals surface area contributed by atoms with E-state index in [1.165, 1.54) is 0 Å². The number of hydrogen-bond acceptors (Lipinski definition) is 3. The van der Waals surface area contributed by atoms with Gasteiger partial charge in [0.05, 0.1) is 35.1 Å². The van der Waals surface area contributed by atoms with Gasteiger partial charge in [0.1, 0.15) is 5.60 Å². The van der Waals surface area contributed by atoms with Gasteiger partial charge in [0.15, 0.2) is 0 Å². The Hall–Kier alpha value is -1.50. The Morgan fingerprint density at radius 2 is 1.97 bits per heavy atom. The van der Waals surface area contributed by atoms with E-state index < -0.39 is 11.7 Å². The van der Waals surface area contributed by atoms with Crippen LogP contribution in [0.4, 0.5) is 4.79 Å². The lowest BCUT2D eigenvalue weighted by molar-refractivity contribution is -0.669. The quantitative estimate of drug-likeness (QED) is 0.735. The summed E-state index contributed by atoms with van der Waals surface area (Å²) in [5, 5.41) is 6.00. The average molecular weight is 443 g/mol. The van der Waals surface area contributed by atoms with Crippen LogP contribution in [0.3, 0.4) is 0 Å². The number of nitrogens with one attached hydrogen (secondary N) is 1. The number of carbonyl (C=O) groups is 2. The second-order valence-corrected chi connectivity index (χ2v) is 9.73. The highest BCUT2D eigenvalue weighted by atomic mass is 35.5. The molecule has 1 aliphatic heterocycles. The third kappa shape index (κ3) is 6.24. The second-order valence-electron chi connectivity index (χ2n) is 8.95. The van der Waals surface area contributed by atoms with Gasteiger partial charge in [-0.25, -0.2) is 4.79 Å². The molecule has 2 atom stereocenters. The largest absolute Gasteiger partial charge is 0.444 e. The first-order chi connectivity index (χ1) is 13.6. The molecule has 1 heterocycles. The Kier molecular flexibility index (Phi) is 6.97. The highest BCUT2D eigenvalue weighted by molar-refractivity contribution is 6.42. The highest BCUT2D eigenvalue weighted by Gasteiger charge is 2.39. The lowest BCUT2D eigenvalue weighted by Gasteiger charge is -2.32. The van der Waals surface area contributed by atoms with Gasteiger partial charge in [0.2, 0.25) is 5.91 Å². The van der Waals surface area contributed by atoms with Gasteiger partial charge in [-0.3, -0.25) is 4.79 Å². The van der Waals surface area contributed by atoms with Crippen molar-refractivity contribution in [3.63, 3.8) is 0 Å². The van der Waals surface area contributed by atoms with E-state index in [1.54, 1.807) is 6.07 Å². The van der Waals surface area contributed by atoms with Crippen LogP contribution in [0.25, 0.3) is 0 Å². The fraction of sp³-hybridized carbons (Fsp3) is 0.619. The minimum atomic E-state index is -0.545. The molecule has 0 radical (unpaired) electrons. The molecule has 0 unspecified atom stereocenters. The van der Waals surface area contributed by atoms with Gasteiger partial charge < -0.3 is 20.3 Å². The summed E-state index contributed by atoms with van der Waals surface area (Å²) in [5.74, 6) is -0.0299. The monoisotopic (exact) mass is 442 g/mol. The van der Waals surface area contributed by atoms with Gasteiger partial charge >= 0.3 is 6.09 Å². The minimum Gasteiger partial charge on any atom is -0.444 e. The van der Waals surface area contributed by atoms with Crippen molar-refractivity contribution in [1.29, 1.82) is 0 Å². The fourth-order valence-electron chi connectivity index (χ4n) is 3.69. The molecule has 6 nitrogen and oxygen atoms in total. The van der Waals surface area contributed by atoms with Crippen molar-refractivity contribution in [1.82, 2.24) is 10.2 Å². The van der Waals surface area contributed by atoms with Gasteiger partial charge in [-0.2, -0.15) is 0 Å². The average Bonchev–Trinajstić information content (AvgIpc) is 3.46. The van der Waals surface area contributed by atoms with Gasteiger partial charge in [-0.15, -0.1) is 0 Å². The number of ether oxygens (including phenoxy) is 1. The number of nitrogens with zero attached hydrogens (tertiary/aromatic N) is 1. The van der Waals surface area contributed by atoms with Crippen molar-refractivity contribution >= 4 is 35.2 Å². The zero-order valence-corrected chi connectivity index (χ0v) is 18.7. The summed E-state index contributed by atoms with van der Waals surface area (Å²) in [6.07, 6.45) is 2.20. The number of alkyl carbamates (subject to hydrolysis) is 1. The van der Waals surface area contributed by atoms with Gasteiger partial charge in [0.25, 0.3) is 0 Å². The Labute approximate surface area is 182 Å². The third-order valence-corrected chi connectivity index (χ3v) is 6.04. The van der Waals surface area contributed by atoms with Crippen molar-refractivity contribution in [2.24, 2.45) is 5.92 Å². The van der Waals surface area contributed by atoms with E-state index in [-0.39, 0.29) is 23.9 Å². The normalized spacial score (nSPS) is 22.1. The van der Waals surface area contributed by atoms with Crippen molar-refractivity contribution < 1.29 is 19.6 Å². The molecule has 1 aromatic carbocycles. The maximum atomic E-state index is 13.3. The standard InChI is InChI=1S/C21H29Cl2N3O3/c1-21(2,3)29-20(28)25-15-9-14(10-24-11-15)19(27)26(16-7-8-16)12-13-5-4-6-17(22)18(13)23/h4-6,14-16,24H,7-12H2,1-3H3,(H,25,28)/p+1/t14-,15+/m1/s1. The molecule has 1 aromatic rings. The van der Waals surface area contributed by atoms with Crippen LogP contribution < -0.4 is 10.6 Å². The Bertz CT molecular complexity index is 762. The van der Waals surface area contributed by atoms with E-state index >= 15 is 0 Å². The summed E-state index contributed by atoms with van der Waals surface area (Å²) in [4.78, 5) is 27.4. The zero-order chi connectivity index (χ0) is 21.2. The highest BCUT2D eigenvalue weighted by Crippen LogP contribution is 2.33. The maximum Gasteiger partial charge on any atom is 0.408 e. The predicted molar refractivity (Wildman–Crippen MR) is 113 cm³/mol. The first-order valence-electron chi connectivity index (χ1n) is 10.2. The SMILES string of the molecule is CC(C)(C)OC(=O)N[C@@H]1C[NH2+]C[C@H](C(=O)N(Cc2cccc(Cl)c2Cl)C2CC2)C1. The number of halogens is 2. The van der Waals surface area contributed by atoms with E-state index in [9.17, 15) is 9.59 Å². The number of benzene rings is 1. The summed E-state index contributed by atoms with van der Waals surface area (Å²) in [6.45, 7) is 7.43. The summed E-state index contributed by atoms with van der Waals surface area (Å²) in [7, 11) is 0. The van der Waals surface area contributed by atoms with E-state index in [0.29, 0.717) is 23.0 Å². The van der Waals surface area contributed by atoms with E-state index in [0.717, 1.165) is 31.5 Å². The molecule has 29 heavy (non-hydrogen) atoms. The maximum absolute atomic E-state index is 13.3. The number of rotatable bonds is 5. The van der Waals surface area contributed by atoms with Crippen LogP contribution in [-0.4, -0.2) is 47.7 Å². The summed E-state index contributed by atoms with van der Waals surface area (Å²) in [5.41, 5.74) is 0.319. The van der Waals surface area contributed by atoms with Gasteiger partial charge in [-0.05, 0) is 51.7 Å². The van der Waals surface area contributed by atoms with E-state index in [1.807, 2.05) is 37.8 Å². The molecule has 2 aliphatic rings. The van der Waals surface area contributed by atoms with Crippen LogP contribution in [0.2, 0.25) is 10.0 Å². The van der Waals surface area contributed by atoms with E-state index in [4.69, 9.17) is 27.9 Å². The van der Waals surface area contributed by atoms with Crippen molar-refractivity contribution in [2.75, 3.05) is 13.1 Å². The molecule has 1 saturated carbocycles. The van der Waals surface area contributed by atoms with Crippen LogP contribution in [0, 0.1) is 5.92 Å². The summed E-state index contributed by atoms with van der Waals surface area (Å²) < 4.78 is 5.35. The number of carbonyl (C=O) groups excluding carboxylic acids is 2. The van der Waals surface area contributed by atoms with Crippen molar-refractivity contribution in [2.45, 2.75) is 64.3 Å².